The van der Waals surface area contributed by atoms with Crippen LogP contribution in [-0.2, 0) is 0 Å². The summed E-state index contributed by atoms with van der Waals surface area (Å²) < 4.78 is 34.1. The first-order valence-electron chi connectivity index (χ1n) is 6.14. The summed E-state index contributed by atoms with van der Waals surface area (Å²) in [5.74, 6) is -0.739. The molecule has 0 spiro atoms. The molecule has 0 radical (unpaired) electrons. The van der Waals surface area contributed by atoms with E-state index in [0.717, 1.165) is 18.4 Å². The molecule has 1 aromatic rings. The lowest BCUT2D eigenvalue weighted by Crippen LogP contribution is -2.07. The van der Waals surface area contributed by atoms with Gasteiger partial charge in [0.2, 0.25) is 0 Å². The van der Waals surface area contributed by atoms with E-state index in [1.165, 1.54) is 12.1 Å². The van der Waals surface area contributed by atoms with Gasteiger partial charge in [-0.3, -0.25) is 0 Å². The Morgan fingerprint density at radius 2 is 2.40 bits per heavy atom. The van der Waals surface area contributed by atoms with Gasteiger partial charge in [0.05, 0.1) is 9.30 Å². The molecule has 1 fully saturated rings. The first-order valence-corrected chi connectivity index (χ1v) is 5.14. The molecule has 0 aromatic heterocycles. The van der Waals surface area contributed by atoms with Crippen molar-refractivity contribution in [3.05, 3.63) is 29.6 Å². The Morgan fingerprint density at radius 1 is 1.67 bits per heavy atom. The molecular weight excluding hydrogens is 193 g/mol. The van der Waals surface area contributed by atoms with Crippen LogP contribution in [0.4, 0.5) is 4.39 Å². The molecule has 1 aliphatic carbocycles. The minimum atomic E-state index is -1.79. The fraction of sp³-hybridized carbons (Fsp3) is 0.500. The summed E-state index contributed by atoms with van der Waals surface area (Å²) >= 11 is 0. The highest BCUT2D eigenvalue weighted by atomic mass is 19.1. The number of nitrogens with two attached hydrogens (primary N) is 1. The maximum absolute atomic E-state index is 13.5. The van der Waals surface area contributed by atoms with Crippen LogP contribution in [0.2, 0.25) is 0 Å². The van der Waals surface area contributed by atoms with Gasteiger partial charge in [0, 0.05) is 6.04 Å². The van der Waals surface area contributed by atoms with Crippen LogP contribution in [0, 0.1) is 11.7 Å². The van der Waals surface area contributed by atoms with Crippen molar-refractivity contribution in [1.82, 2.24) is 0 Å². The highest BCUT2D eigenvalue weighted by Gasteiger charge is 2.22. The van der Waals surface area contributed by atoms with Gasteiger partial charge in [-0.05, 0) is 43.4 Å². The van der Waals surface area contributed by atoms with Crippen molar-refractivity contribution in [2.24, 2.45) is 11.7 Å². The smallest absolute Gasteiger partial charge is 0.165 e. The van der Waals surface area contributed by atoms with Gasteiger partial charge in [0.1, 0.15) is 0 Å². The molecule has 1 atom stereocenters. The summed E-state index contributed by atoms with van der Waals surface area (Å²) in [4.78, 5) is 0. The van der Waals surface area contributed by atoms with Crippen LogP contribution in [0.5, 0.6) is 5.75 Å². The summed E-state index contributed by atoms with van der Waals surface area (Å²) in [5.41, 5.74) is 6.43. The molecule has 1 aliphatic rings. The first-order chi connectivity index (χ1) is 7.90. The number of halogens is 1. The summed E-state index contributed by atoms with van der Waals surface area (Å²) in [6, 6.07) is 4.08. The Morgan fingerprint density at radius 3 is 3.00 bits per heavy atom. The fourth-order valence-corrected chi connectivity index (χ4v) is 1.23. The lowest BCUT2D eigenvalue weighted by molar-refractivity contribution is 0.285. The molecule has 15 heavy (non-hydrogen) atoms. The van der Waals surface area contributed by atoms with Crippen LogP contribution < -0.4 is 10.5 Å². The molecule has 1 aromatic carbocycles. The fourth-order valence-electron chi connectivity index (χ4n) is 1.23. The van der Waals surface area contributed by atoms with Crippen LogP contribution in [0.3, 0.4) is 0 Å². The highest BCUT2D eigenvalue weighted by molar-refractivity contribution is 5.31. The Hall–Kier alpha value is -1.09. The van der Waals surface area contributed by atoms with E-state index >= 15 is 0 Å². The predicted molar refractivity (Wildman–Crippen MR) is 57.2 cm³/mol. The Kier molecular flexibility index (Phi) is 2.26. The second kappa shape index (κ2) is 4.19. The maximum atomic E-state index is 13.5. The van der Waals surface area contributed by atoms with Gasteiger partial charge < -0.3 is 10.5 Å². The van der Waals surface area contributed by atoms with E-state index in [4.69, 9.17) is 13.2 Å². The average molecular weight is 211 g/mol. The van der Waals surface area contributed by atoms with Crippen LogP contribution in [0.15, 0.2) is 18.2 Å². The molecule has 0 saturated heterocycles. The van der Waals surface area contributed by atoms with Gasteiger partial charge in [-0.25, -0.2) is 4.39 Å². The zero-order valence-electron chi connectivity index (χ0n) is 10.7. The van der Waals surface area contributed by atoms with Crippen LogP contribution >= 0.6 is 0 Å². The molecule has 82 valence electrons. The molecule has 1 saturated carbocycles. The minimum Gasteiger partial charge on any atom is -0.490 e. The van der Waals surface area contributed by atoms with Crippen LogP contribution in [0.25, 0.3) is 0 Å². The highest BCUT2D eigenvalue weighted by Crippen LogP contribution is 2.30. The quantitative estimate of drug-likeness (QED) is 0.831. The zero-order valence-corrected chi connectivity index (χ0v) is 8.66. The molecule has 2 nitrogen and oxygen atoms in total. The van der Waals surface area contributed by atoms with Gasteiger partial charge >= 0.3 is 0 Å². The second-order valence-electron chi connectivity index (χ2n) is 3.97. The van der Waals surface area contributed by atoms with Gasteiger partial charge in [-0.1, -0.05) is 6.07 Å². The Labute approximate surface area is 92.0 Å². The SMILES string of the molecule is [2H]C([2H])(Oc1cc([C@@H](C)N)ccc1F)C1CC1. The van der Waals surface area contributed by atoms with Crippen molar-refractivity contribution < 1.29 is 11.9 Å². The number of hydrogen-bond donors (Lipinski definition) is 1. The normalized spacial score (nSPS) is 20.5. The van der Waals surface area contributed by atoms with E-state index in [2.05, 4.69) is 0 Å². The molecule has 0 unspecified atom stereocenters. The molecular formula is C12H16FNO. The summed E-state index contributed by atoms with van der Waals surface area (Å²) in [6.45, 7) is -0.0101. The topological polar surface area (TPSA) is 35.2 Å². The molecule has 2 N–H and O–H groups in total. The Balaban J connectivity index is 2.22. The summed E-state index contributed by atoms with van der Waals surface area (Å²) in [5, 5.41) is 0. The molecule has 3 heteroatoms. The van der Waals surface area contributed by atoms with Crippen LogP contribution in [-0.4, -0.2) is 6.56 Å². The van der Waals surface area contributed by atoms with Crippen molar-refractivity contribution in [2.75, 3.05) is 6.56 Å². The number of ether oxygens (including phenoxy) is 1. The monoisotopic (exact) mass is 211 g/mol. The largest absolute Gasteiger partial charge is 0.490 e. The Bertz CT molecular complexity index is 419. The molecule has 0 bridgehead atoms. The van der Waals surface area contributed by atoms with Crippen LogP contribution in [0.1, 0.15) is 34.1 Å². The van der Waals surface area contributed by atoms with E-state index in [-0.39, 0.29) is 17.7 Å². The van der Waals surface area contributed by atoms with Gasteiger partial charge in [-0.15, -0.1) is 0 Å². The van der Waals surface area contributed by atoms with Gasteiger partial charge in [0.25, 0.3) is 0 Å². The first kappa shape index (κ1) is 8.11. The average Bonchev–Trinajstić information content (AvgIpc) is 3.04. The van der Waals surface area contributed by atoms with Crippen molar-refractivity contribution in [3.8, 4) is 5.75 Å². The lowest BCUT2D eigenvalue weighted by atomic mass is 10.1. The number of hydrogen-bond acceptors (Lipinski definition) is 2. The van der Waals surface area contributed by atoms with E-state index < -0.39 is 12.4 Å². The summed E-state index contributed by atoms with van der Waals surface area (Å²) in [7, 11) is 0. The molecule has 0 aliphatic heterocycles. The second-order valence-corrected chi connectivity index (χ2v) is 3.97. The van der Waals surface area contributed by atoms with E-state index in [0.29, 0.717) is 0 Å². The van der Waals surface area contributed by atoms with Gasteiger partial charge in [0.15, 0.2) is 11.6 Å². The standard InChI is InChI=1S/C12H16FNO/c1-8(14)10-4-5-11(13)12(6-10)15-7-9-2-3-9/h4-6,8-9H,2-3,7,14H2,1H3/t8-/m1/s1/i7D2. The number of benzene rings is 1. The van der Waals surface area contributed by atoms with E-state index in [1.54, 1.807) is 13.0 Å². The number of rotatable bonds is 4. The minimum absolute atomic E-state index is 0.0586. The third-order valence-corrected chi connectivity index (χ3v) is 2.39. The van der Waals surface area contributed by atoms with E-state index in [9.17, 15) is 4.39 Å². The predicted octanol–water partition coefficient (Wildman–Crippen LogP) is 2.63. The molecule has 2 rings (SSSR count). The molecule has 0 heterocycles. The van der Waals surface area contributed by atoms with Crippen molar-refractivity contribution >= 4 is 0 Å². The van der Waals surface area contributed by atoms with Crippen molar-refractivity contribution in [3.63, 3.8) is 0 Å². The van der Waals surface area contributed by atoms with Crippen molar-refractivity contribution in [1.29, 1.82) is 0 Å². The van der Waals surface area contributed by atoms with Gasteiger partial charge in [-0.2, -0.15) is 0 Å². The van der Waals surface area contributed by atoms with Crippen molar-refractivity contribution in [2.45, 2.75) is 25.8 Å². The third-order valence-electron chi connectivity index (χ3n) is 2.39. The lowest BCUT2D eigenvalue weighted by Gasteiger charge is -2.10. The third kappa shape index (κ3) is 2.69. The maximum Gasteiger partial charge on any atom is 0.165 e. The summed E-state index contributed by atoms with van der Waals surface area (Å²) in [6.07, 6.45) is 1.59. The molecule has 0 amide bonds. The zero-order chi connectivity index (χ0) is 12.6. The van der Waals surface area contributed by atoms with E-state index in [1.807, 2.05) is 0 Å².